The SMILES string of the molecule is CCCNC(=O)NC(=O)CN(C)C1CCCCCC1. The molecule has 1 rings (SSSR count). The number of imide groups is 1. The van der Waals surface area contributed by atoms with Gasteiger partial charge in [0.15, 0.2) is 0 Å². The van der Waals surface area contributed by atoms with Crippen LogP contribution in [-0.4, -0.2) is 43.0 Å². The highest BCUT2D eigenvalue weighted by Crippen LogP contribution is 2.20. The smallest absolute Gasteiger partial charge is 0.321 e. The van der Waals surface area contributed by atoms with E-state index in [2.05, 4.69) is 15.5 Å². The van der Waals surface area contributed by atoms with Crippen LogP contribution in [-0.2, 0) is 4.79 Å². The summed E-state index contributed by atoms with van der Waals surface area (Å²) in [7, 11) is 1.97. The molecule has 0 aliphatic heterocycles. The van der Waals surface area contributed by atoms with Gasteiger partial charge in [0.05, 0.1) is 6.54 Å². The largest absolute Gasteiger partial charge is 0.338 e. The van der Waals surface area contributed by atoms with Gasteiger partial charge in [-0.2, -0.15) is 0 Å². The molecule has 1 fully saturated rings. The minimum absolute atomic E-state index is 0.222. The van der Waals surface area contributed by atoms with Crippen LogP contribution in [0.3, 0.4) is 0 Å². The van der Waals surface area contributed by atoms with Crippen molar-refractivity contribution >= 4 is 11.9 Å². The van der Waals surface area contributed by atoms with Crippen LogP contribution in [0.4, 0.5) is 4.79 Å². The number of carbonyl (C=O) groups excluding carboxylic acids is 2. The number of urea groups is 1. The van der Waals surface area contributed by atoms with Crippen LogP contribution in [0, 0.1) is 0 Å². The van der Waals surface area contributed by atoms with Gasteiger partial charge < -0.3 is 5.32 Å². The summed E-state index contributed by atoms with van der Waals surface area (Å²) in [5.74, 6) is -0.222. The first-order valence-electron chi connectivity index (χ1n) is 7.41. The van der Waals surface area contributed by atoms with Gasteiger partial charge >= 0.3 is 6.03 Å². The molecule has 1 aliphatic carbocycles. The minimum atomic E-state index is -0.388. The van der Waals surface area contributed by atoms with Gasteiger partial charge in [-0.05, 0) is 26.3 Å². The van der Waals surface area contributed by atoms with Gasteiger partial charge in [0.25, 0.3) is 0 Å². The van der Waals surface area contributed by atoms with Crippen LogP contribution in [0.2, 0.25) is 0 Å². The molecule has 5 nitrogen and oxygen atoms in total. The Balaban J connectivity index is 2.28. The van der Waals surface area contributed by atoms with Crippen molar-refractivity contribution in [2.45, 2.75) is 57.9 Å². The van der Waals surface area contributed by atoms with Gasteiger partial charge in [0.2, 0.25) is 5.91 Å². The van der Waals surface area contributed by atoms with Crippen LogP contribution in [0.5, 0.6) is 0 Å². The van der Waals surface area contributed by atoms with Crippen LogP contribution in [0.15, 0.2) is 0 Å². The Labute approximate surface area is 116 Å². The van der Waals surface area contributed by atoms with Crippen LogP contribution >= 0.6 is 0 Å². The molecule has 3 amide bonds. The number of likely N-dealkylation sites (N-methyl/N-ethyl adjacent to an activating group) is 1. The van der Waals surface area contributed by atoms with E-state index in [0.29, 0.717) is 19.1 Å². The highest BCUT2D eigenvalue weighted by molar-refractivity contribution is 5.95. The first-order chi connectivity index (χ1) is 9.13. The second-order valence-electron chi connectivity index (χ2n) is 5.36. The quantitative estimate of drug-likeness (QED) is 0.749. The summed E-state index contributed by atoms with van der Waals surface area (Å²) in [4.78, 5) is 25.2. The Kier molecular flexibility index (Phi) is 7.48. The molecule has 19 heavy (non-hydrogen) atoms. The van der Waals surface area contributed by atoms with Gasteiger partial charge in [0.1, 0.15) is 0 Å². The van der Waals surface area contributed by atoms with Crippen molar-refractivity contribution < 1.29 is 9.59 Å². The van der Waals surface area contributed by atoms with Crippen molar-refractivity contribution in [3.63, 3.8) is 0 Å². The molecule has 2 N–H and O–H groups in total. The molecule has 0 radical (unpaired) electrons. The third kappa shape index (κ3) is 6.57. The van der Waals surface area contributed by atoms with Crippen molar-refractivity contribution in [3.8, 4) is 0 Å². The Hall–Kier alpha value is -1.10. The number of hydrogen-bond donors (Lipinski definition) is 2. The average molecular weight is 269 g/mol. The van der Waals surface area contributed by atoms with Gasteiger partial charge in [-0.25, -0.2) is 4.79 Å². The number of carbonyl (C=O) groups is 2. The highest BCUT2D eigenvalue weighted by Gasteiger charge is 2.19. The summed E-state index contributed by atoms with van der Waals surface area (Å²) in [6.45, 7) is 2.86. The fourth-order valence-electron chi connectivity index (χ4n) is 2.50. The normalized spacial score (nSPS) is 17.0. The Bertz CT molecular complexity index is 286. The summed E-state index contributed by atoms with van der Waals surface area (Å²) in [6.07, 6.45) is 8.27. The third-order valence-corrected chi connectivity index (χ3v) is 3.63. The fraction of sp³-hybridized carbons (Fsp3) is 0.857. The number of nitrogens with zero attached hydrogens (tertiary/aromatic N) is 1. The summed E-state index contributed by atoms with van der Waals surface area (Å²) in [6, 6.07) is 0.0908. The lowest BCUT2D eigenvalue weighted by Gasteiger charge is -2.26. The molecule has 0 aromatic rings. The van der Waals surface area contributed by atoms with E-state index in [4.69, 9.17) is 0 Å². The summed E-state index contributed by atoms with van der Waals surface area (Å²) in [5, 5.41) is 5.01. The van der Waals surface area contributed by atoms with Gasteiger partial charge in [-0.1, -0.05) is 32.6 Å². The van der Waals surface area contributed by atoms with Crippen molar-refractivity contribution in [2.75, 3.05) is 20.1 Å². The lowest BCUT2D eigenvalue weighted by atomic mass is 10.1. The van der Waals surface area contributed by atoms with Crippen LogP contribution in [0.1, 0.15) is 51.9 Å². The zero-order valence-electron chi connectivity index (χ0n) is 12.2. The summed E-state index contributed by atoms with van der Waals surface area (Å²) < 4.78 is 0. The first kappa shape index (κ1) is 16.0. The molecule has 0 atom stereocenters. The second kappa shape index (κ2) is 8.91. The minimum Gasteiger partial charge on any atom is -0.338 e. The maximum atomic E-state index is 11.7. The maximum Gasteiger partial charge on any atom is 0.321 e. The second-order valence-corrected chi connectivity index (χ2v) is 5.36. The van der Waals surface area contributed by atoms with E-state index in [9.17, 15) is 9.59 Å². The predicted molar refractivity (Wildman–Crippen MR) is 76.0 cm³/mol. The zero-order chi connectivity index (χ0) is 14.1. The molecule has 0 spiro atoms. The molecular formula is C14H27N3O2. The first-order valence-corrected chi connectivity index (χ1v) is 7.41. The van der Waals surface area contributed by atoms with E-state index in [1.165, 1.54) is 25.7 Å². The fourth-order valence-corrected chi connectivity index (χ4v) is 2.50. The average Bonchev–Trinajstić information content (AvgIpc) is 2.64. The number of amides is 3. The van der Waals surface area contributed by atoms with Crippen molar-refractivity contribution in [1.82, 2.24) is 15.5 Å². The number of hydrogen-bond acceptors (Lipinski definition) is 3. The van der Waals surface area contributed by atoms with E-state index in [1.54, 1.807) is 0 Å². The van der Waals surface area contributed by atoms with E-state index < -0.39 is 0 Å². The lowest BCUT2D eigenvalue weighted by molar-refractivity contribution is -0.121. The molecule has 1 saturated carbocycles. The Morgan fingerprint density at radius 2 is 1.79 bits per heavy atom. The van der Waals surface area contributed by atoms with Crippen molar-refractivity contribution in [2.24, 2.45) is 0 Å². The van der Waals surface area contributed by atoms with Crippen LogP contribution < -0.4 is 10.6 Å². The summed E-state index contributed by atoms with van der Waals surface area (Å²) in [5.41, 5.74) is 0. The lowest BCUT2D eigenvalue weighted by Crippen LogP contribution is -2.46. The topological polar surface area (TPSA) is 61.4 Å². The Morgan fingerprint density at radius 3 is 2.37 bits per heavy atom. The van der Waals surface area contributed by atoms with Crippen LogP contribution in [0.25, 0.3) is 0 Å². The number of nitrogens with one attached hydrogen (secondary N) is 2. The van der Waals surface area contributed by atoms with Gasteiger partial charge in [0, 0.05) is 12.6 Å². The van der Waals surface area contributed by atoms with Gasteiger partial charge in [-0.3, -0.25) is 15.0 Å². The van der Waals surface area contributed by atoms with E-state index in [1.807, 2.05) is 14.0 Å². The van der Waals surface area contributed by atoms with E-state index >= 15 is 0 Å². The molecule has 5 heteroatoms. The molecular weight excluding hydrogens is 242 g/mol. The summed E-state index contributed by atoms with van der Waals surface area (Å²) >= 11 is 0. The molecule has 1 aliphatic rings. The highest BCUT2D eigenvalue weighted by atomic mass is 16.2. The molecule has 0 unspecified atom stereocenters. The standard InChI is InChI=1S/C14H27N3O2/c1-3-10-15-14(19)16-13(18)11-17(2)12-8-6-4-5-7-9-12/h12H,3-11H2,1-2H3,(H2,15,16,18,19). The van der Waals surface area contributed by atoms with Crippen molar-refractivity contribution in [3.05, 3.63) is 0 Å². The van der Waals surface area contributed by atoms with Crippen molar-refractivity contribution in [1.29, 1.82) is 0 Å². The molecule has 0 heterocycles. The van der Waals surface area contributed by atoms with E-state index in [0.717, 1.165) is 19.3 Å². The van der Waals surface area contributed by atoms with Gasteiger partial charge in [-0.15, -0.1) is 0 Å². The molecule has 0 bridgehead atoms. The zero-order valence-corrected chi connectivity index (χ0v) is 12.2. The Morgan fingerprint density at radius 1 is 1.16 bits per heavy atom. The molecule has 0 aromatic carbocycles. The molecule has 110 valence electrons. The third-order valence-electron chi connectivity index (χ3n) is 3.63. The number of rotatable bonds is 5. The van der Waals surface area contributed by atoms with E-state index in [-0.39, 0.29) is 11.9 Å². The predicted octanol–water partition coefficient (Wildman–Crippen LogP) is 1.88. The monoisotopic (exact) mass is 269 g/mol. The maximum absolute atomic E-state index is 11.7. The molecule has 0 aromatic heterocycles. The molecule has 0 saturated heterocycles.